The van der Waals surface area contributed by atoms with Crippen molar-refractivity contribution in [2.45, 2.75) is 31.3 Å². The summed E-state index contributed by atoms with van der Waals surface area (Å²) in [5.41, 5.74) is 8.59. The maximum Gasteiger partial charge on any atom is 0.0951 e. The summed E-state index contributed by atoms with van der Waals surface area (Å²) in [6.45, 7) is 0.856. The fraction of sp³-hybridized carbons (Fsp3) is 0.357. The number of halogens is 1. The first-order valence-corrected chi connectivity index (χ1v) is 7.01. The molecule has 94 valence electrons. The SMILES string of the molecule is NC1(Cn2cncc2-c2cccc(Br)c2)CCC1. The van der Waals surface area contributed by atoms with Crippen LogP contribution in [0.3, 0.4) is 0 Å². The smallest absolute Gasteiger partial charge is 0.0951 e. The Hall–Kier alpha value is -1.13. The normalized spacial score (nSPS) is 17.4. The number of benzene rings is 1. The van der Waals surface area contributed by atoms with Crippen molar-refractivity contribution in [2.24, 2.45) is 5.73 Å². The van der Waals surface area contributed by atoms with Crippen molar-refractivity contribution in [3.63, 3.8) is 0 Å². The lowest BCUT2D eigenvalue weighted by Gasteiger charge is -2.38. The maximum atomic E-state index is 6.31. The molecule has 4 heteroatoms. The van der Waals surface area contributed by atoms with Crippen LogP contribution in [-0.4, -0.2) is 15.1 Å². The van der Waals surface area contributed by atoms with Gasteiger partial charge in [-0.3, -0.25) is 0 Å². The van der Waals surface area contributed by atoms with Crippen LogP contribution < -0.4 is 5.73 Å². The molecular weight excluding hydrogens is 290 g/mol. The lowest BCUT2D eigenvalue weighted by Crippen LogP contribution is -2.49. The molecule has 0 aliphatic heterocycles. The number of imidazole rings is 1. The Morgan fingerprint density at radius 2 is 2.22 bits per heavy atom. The zero-order chi connectivity index (χ0) is 12.6. The molecule has 18 heavy (non-hydrogen) atoms. The summed E-state index contributed by atoms with van der Waals surface area (Å²) in [5.74, 6) is 0. The van der Waals surface area contributed by atoms with E-state index in [4.69, 9.17) is 5.73 Å². The third kappa shape index (κ3) is 2.22. The largest absolute Gasteiger partial charge is 0.329 e. The molecule has 1 aromatic heterocycles. The first-order chi connectivity index (χ1) is 8.66. The summed E-state index contributed by atoms with van der Waals surface area (Å²) in [6, 6.07) is 8.28. The molecule has 3 rings (SSSR count). The molecule has 0 atom stereocenters. The zero-order valence-electron chi connectivity index (χ0n) is 10.1. The molecular formula is C14H16BrN3. The highest BCUT2D eigenvalue weighted by Gasteiger charge is 2.33. The van der Waals surface area contributed by atoms with E-state index in [-0.39, 0.29) is 5.54 Å². The van der Waals surface area contributed by atoms with E-state index in [1.54, 1.807) is 0 Å². The van der Waals surface area contributed by atoms with Gasteiger partial charge in [0.15, 0.2) is 0 Å². The Morgan fingerprint density at radius 3 is 2.89 bits per heavy atom. The molecule has 0 unspecified atom stereocenters. The van der Waals surface area contributed by atoms with Crippen LogP contribution in [0, 0.1) is 0 Å². The third-order valence-corrected chi connectivity index (χ3v) is 4.16. The number of rotatable bonds is 3. The molecule has 3 nitrogen and oxygen atoms in total. The van der Waals surface area contributed by atoms with Crippen LogP contribution in [0.1, 0.15) is 19.3 Å². The van der Waals surface area contributed by atoms with Gasteiger partial charge in [0, 0.05) is 22.1 Å². The molecule has 0 bridgehead atoms. The van der Waals surface area contributed by atoms with Crippen LogP contribution in [0.25, 0.3) is 11.3 Å². The fourth-order valence-corrected chi connectivity index (χ4v) is 2.86. The van der Waals surface area contributed by atoms with E-state index in [1.165, 1.54) is 12.0 Å². The number of aromatic nitrogens is 2. The van der Waals surface area contributed by atoms with Gasteiger partial charge in [0.25, 0.3) is 0 Å². The van der Waals surface area contributed by atoms with E-state index in [2.05, 4.69) is 37.6 Å². The van der Waals surface area contributed by atoms with Gasteiger partial charge >= 0.3 is 0 Å². The quantitative estimate of drug-likeness (QED) is 0.946. The van der Waals surface area contributed by atoms with Gasteiger partial charge in [-0.2, -0.15) is 0 Å². The van der Waals surface area contributed by atoms with E-state index in [0.717, 1.165) is 29.6 Å². The number of hydrogen-bond donors (Lipinski definition) is 1. The Bertz CT molecular complexity index is 558. The minimum absolute atomic E-state index is 0.0263. The Labute approximate surface area is 115 Å². The summed E-state index contributed by atoms with van der Waals surface area (Å²) in [7, 11) is 0. The summed E-state index contributed by atoms with van der Waals surface area (Å²) >= 11 is 3.50. The van der Waals surface area contributed by atoms with Gasteiger partial charge in [0.2, 0.25) is 0 Å². The highest BCUT2D eigenvalue weighted by molar-refractivity contribution is 9.10. The summed E-state index contributed by atoms with van der Waals surface area (Å²) in [4.78, 5) is 4.26. The Morgan fingerprint density at radius 1 is 1.39 bits per heavy atom. The predicted molar refractivity (Wildman–Crippen MR) is 76.1 cm³/mol. The fourth-order valence-electron chi connectivity index (χ4n) is 2.46. The molecule has 1 aromatic carbocycles. The van der Waals surface area contributed by atoms with Crippen LogP contribution in [0.4, 0.5) is 0 Å². The molecule has 0 spiro atoms. The lowest BCUT2D eigenvalue weighted by atomic mass is 9.77. The van der Waals surface area contributed by atoms with E-state index in [9.17, 15) is 0 Å². The summed E-state index contributed by atoms with van der Waals surface area (Å²) < 4.78 is 3.25. The van der Waals surface area contributed by atoms with Gasteiger partial charge in [0.1, 0.15) is 0 Å². The van der Waals surface area contributed by atoms with Gasteiger partial charge < -0.3 is 10.3 Å². The van der Waals surface area contributed by atoms with Crippen LogP contribution in [0.15, 0.2) is 41.3 Å². The second-order valence-electron chi connectivity index (χ2n) is 5.13. The molecule has 1 heterocycles. The van der Waals surface area contributed by atoms with Crippen LogP contribution in [-0.2, 0) is 6.54 Å². The number of hydrogen-bond acceptors (Lipinski definition) is 2. The molecule has 1 aliphatic rings. The number of nitrogens with two attached hydrogens (primary N) is 1. The van der Waals surface area contributed by atoms with Crippen molar-refractivity contribution < 1.29 is 0 Å². The zero-order valence-corrected chi connectivity index (χ0v) is 11.7. The molecule has 0 amide bonds. The van der Waals surface area contributed by atoms with Crippen molar-refractivity contribution in [1.29, 1.82) is 0 Å². The predicted octanol–water partition coefficient (Wildman–Crippen LogP) is 3.19. The van der Waals surface area contributed by atoms with Crippen molar-refractivity contribution in [2.75, 3.05) is 0 Å². The third-order valence-electron chi connectivity index (χ3n) is 3.67. The second-order valence-corrected chi connectivity index (χ2v) is 6.05. The van der Waals surface area contributed by atoms with Crippen molar-refractivity contribution in [3.8, 4) is 11.3 Å². The minimum atomic E-state index is -0.0263. The highest BCUT2D eigenvalue weighted by Crippen LogP contribution is 2.32. The van der Waals surface area contributed by atoms with Gasteiger partial charge in [-0.1, -0.05) is 28.1 Å². The van der Waals surface area contributed by atoms with Gasteiger partial charge in [-0.05, 0) is 31.4 Å². The first-order valence-electron chi connectivity index (χ1n) is 6.21. The van der Waals surface area contributed by atoms with E-state index < -0.39 is 0 Å². The monoisotopic (exact) mass is 305 g/mol. The Kier molecular flexibility index (Phi) is 2.99. The molecule has 0 saturated heterocycles. The lowest BCUT2D eigenvalue weighted by molar-refractivity contribution is 0.216. The van der Waals surface area contributed by atoms with E-state index in [1.807, 2.05) is 24.7 Å². The Balaban J connectivity index is 1.91. The maximum absolute atomic E-state index is 6.31. The summed E-state index contributed by atoms with van der Waals surface area (Å²) in [5, 5.41) is 0. The molecule has 1 saturated carbocycles. The molecule has 0 radical (unpaired) electrons. The van der Waals surface area contributed by atoms with E-state index in [0.29, 0.717) is 0 Å². The average molecular weight is 306 g/mol. The topological polar surface area (TPSA) is 43.8 Å². The van der Waals surface area contributed by atoms with Gasteiger partial charge in [0.05, 0.1) is 18.2 Å². The number of nitrogens with zero attached hydrogens (tertiary/aromatic N) is 2. The molecule has 2 aromatic rings. The van der Waals surface area contributed by atoms with Crippen LogP contribution in [0.2, 0.25) is 0 Å². The highest BCUT2D eigenvalue weighted by atomic mass is 79.9. The van der Waals surface area contributed by atoms with Crippen molar-refractivity contribution in [1.82, 2.24) is 9.55 Å². The van der Waals surface area contributed by atoms with E-state index >= 15 is 0 Å². The van der Waals surface area contributed by atoms with Crippen molar-refractivity contribution in [3.05, 3.63) is 41.3 Å². The van der Waals surface area contributed by atoms with Gasteiger partial charge in [-0.15, -0.1) is 0 Å². The van der Waals surface area contributed by atoms with Crippen LogP contribution >= 0.6 is 15.9 Å². The standard InChI is InChI=1S/C14H16BrN3/c15-12-4-1-3-11(7-12)13-8-17-10-18(13)9-14(16)5-2-6-14/h1,3-4,7-8,10H,2,5-6,9,16H2. The van der Waals surface area contributed by atoms with Crippen LogP contribution in [0.5, 0.6) is 0 Å². The van der Waals surface area contributed by atoms with Crippen molar-refractivity contribution >= 4 is 15.9 Å². The summed E-state index contributed by atoms with van der Waals surface area (Å²) in [6.07, 6.45) is 7.26. The molecule has 1 aliphatic carbocycles. The minimum Gasteiger partial charge on any atom is -0.329 e. The first kappa shape index (κ1) is 11.9. The molecule has 2 N–H and O–H groups in total. The molecule has 1 fully saturated rings. The second kappa shape index (κ2) is 4.52. The average Bonchev–Trinajstić information content (AvgIpc) is 2.75. The van der Waals surface area contributed by atoms with Gasteiger partial charge in [-0.25, -0.2) is 4.98 Å².